The maximum Gasteiger partial charge on any atom is 0.257 e. The summed E-state index contributed by atoms with van der Waals surface area (Å²) in [5.74, 6) is 2.56. The fraction of sp³-hybridized carbons (Fsp3) is 0.273. The van der Waals surface area contributed by atoms with Crippen LogP contribution in [0.1, 0.15) is 16.1 Å². The SMILES string of the molecule is COc1ccc(Cl)cc1C(=O)N1CCN(c2ccc(Nc3cccc(C)n3)nn2)CC1. The number of aromatic nitrogens is 3. The second-order valence-electron chi connectivity index (χ2n) is 7.19. The second kappa shape index (κ2) is 9.18. The van der Waals surface area contributed by atoms with Crippen LogP contribution in [0.4, 0.5) is 17.5 Å². The molecule has 8 nitrogen and oxygen atoms in total. The number of ether oxygens (including phenoxy) is 1. The van der Waals surface area contributed by atoms with Gasteiger partial charge in [0.15, 0.2) is 11.6 Å². The van der Waals surface area contributed by atoms with E-state index < -0.39 is 0 Å². The van der Waals surface area contributed by atoms with Crippen LogP contribution in [0.3, 0.4) is 0 Å². The van der Waals surface area contributed by atoms with Gasteiger partial charge in [-0.1, -0.05) is 17.7 Å². The lowest BCUT2D eigenvalue weighted by atomic mass is 10.1. The van der Waals surface area contributed by atoms with Crippen LogP contribution in [0.15, 0.2) is 48.5 Å². The molecule has 0 radical (unpaired) electrons. The molecule has 31 heavy (non-hydrogen) atoms. The molecule has 0 atom stereocenters. The Morgan fingerprint density at radius 2 is 1.84 bits per heavy atom. The van der Waals surface area contributed by atoms with Crippen molar-refractivity contribution in [2.24, 2.45) is 0 Å². The van der Waals surface area contributed by atoms with Gasteiger partial charge < -0.3 is 19.9 Å². The fourth-order valence-electron chi connectivity index (χ4n) is 3.46. The minimum absolute atomic E-state index is 0.0877. The van der Waals surface area contributed by atoms with Crippen LogP contribution in [-0.2, 0) is 0 Å². The van der Waals surface area contributed by atoms with Gasteiger partial charge in [-0.25, -0.2) is 4.98 Å². The zero-order valence-electron chi connectivity index (χ0n) is 17.4. The summed E-state index contributed by atoms with van der Waals surface area (Å²) in [6.45, 7) is 4.41. The molecule has 3 aromatic rings. The van der Waals surface area contributed by atoms with E-state index in [1.807, 2.05) is 37.3 Å². The lowest BCUT2D eigenvalue weighted by Crippen LogP contribution is -2.49. The van der Waals surface area contributed by atoms with Gasteiger partial charge in [-0.05, 0) is 49.4 Å². The molecule has 1 aliphatic rings. The smallest absolute Gasteiger partial charge is 0.257 e. The van der Waals surface area contributed by atoms with Crippen molar-refractivity contribution in [3.63, 3.8) is 0 Å². The molecule has 2 aromatic heterocycles. The molecule has 1 N–H and O–H groups in total. The predicted octanol–water partition coefficient (Wildman–Crippen LogP) is 3.55. The standard InChI is InChI=1S/C22H23ClN6O2/c1-15-4-3-5-19(24-15)25-20-8-9-21(27-26-20)28-10-12-29(13-11-28)22(30)17-14-16(23)6-7-18(17)31-2/h3-9,14H,10-13H2,1-2H3,(H,24,25,26). The van der Waals surface area contributed by atoms with E-state index in [-0.39, 0.29) is 5.91 Å². The second-order valence-corrected chi connectivity index (χ2v) is 7.63. The number of hydrogen-bond acceptors (Lipinski definition) is 7. The molecule has 0 spiro atoms. The van der Waals surface area contributed by atoms with Crippen LogP contribution >= 0.6 is 11.6 Å². The maximum absolute atomic E-state index is 12.9. The van der Waals surface area contributed by atoms with E-state index in [2.05, 4.69) is 25.4 Å². The summed E-state index contributed by atoms with van der Waals surface area (Å²) >= 11 is 6.07. The van der Waals surface area contributed by atoms with E-state index in [9.17, 15) is 4.79 Å². The molecule has 0 aliphatic carbocycles. The maximum atomic E-state index is 12.9. The zero-order valence-corrected chi connectivity index (χ0v) is 18.1. The van der Waals surface area contributed by atoms with E-state index in [0.29, 0.717) is 48.3 Å². The molecule has 1 aliphatic heterocycles. The minimum Gasteiger partial charge on any atom is -0.496 e. The Bertz CT molecular complexity index is 1070. The lowest BCUT2D eigenvalue weighted by Gasteiger charge is -2.35. The van der Waals surface area contributed by atoms with Crippen LogP contribution in [0.2, 0.25) is 5.02 Å². The van der Waals surface area contributed by atoms with Gasteiger partial charge in [0.05, 0.1) is 12.7 Å². The first kappa shape index (κ1) is 20.9. The number of carbonyl (C=O) groups excluding carboxylic acids is 1. The highest BCUT2D eigenvalue weighted by Gasteiger charge is 2.25. The normalized spacial score (nSPS) is 13.8. The van der Waals surface area contributed by atoms with Crippen molar-refractivity contribution < 1.29 is 9.53 Å². The van der Waals surface area contributed by atoms with Crippen molar-refractivity contribution in [2.75, 3.05) is 43.5 Å². The van der Waals surface area contributed by atoms with Crippen molar-refractivity contribution in [1.29, 1.82) is 0 Å². The number of anilines is 3. The molecule has 160 valence electrons. The average molecular weight is 439 g/mol. The molecule has 0 saturated carbocycles. The Morgan fingerprint density at radius 3 is 2.52 bits per heavy atom. The number of nitrogens with one attached hydrogen (secondary N) is 1. The van der Waals surface area contributed by atoms with E-state index >= 15 is 0 Å². The number of piperazine rings is 1. The molecule has 1 amide bonds. The van der Waals surface area contributed by atoms with Crippen molar-refractivity contribution in [3.05, 3.63) is 64.8 Å². The van der Waals surface area contributed by atoms with Crippen LogP contribution in [0, 0.1) is 6.92 Å². The topological polar surface area (TPSA) is 83.5 Å². The molecule has 9 heteroatoms. The molecule has 0 unspecified atom stereocenters. The van der Waals surface area contributed by atoms with E-state index in [0.717, 1.165) is 17.3 Å². The number of aryl methyl sites for hydroxylation is 1. The van der Waals surface area contributed by atoms with Crippen LogP contribution in [0.25, 0.3) is 0 Å². The zero-order chi connectivity index (χ0) is 21.8. The number of halogens is 1. The van der Waals surface area contributed by atoms with Crippen LogP contribution in [-0.4, -0.2) is 59.3 Å². The number of amides is 1. The highest BCUT2D eigenvalue weighted by molar-refractivity contribution is 6.31. The number of methoxy groups -OCH3 is 1. The van der Waals surface area contributed by atoms with Gasteiger partial charge in [0.2, 0.25) is 0 Å². The number of nitrogens with zero attached hydrogens (tertiary/aromatic N) is 5. The van der Waals surface area contributed by atoms with E-state index in [1.54, 1.807) is 30.2 Å². The van der Waals surface area contributed by atoms with Crippen LogP contribution in [0.5, 0.6) is 5.75 Å². The molecular weight excluding hydrogens is 416 g/mol. The number of carbonyl (C=O) groups is 1. The number of benzene rings is 1. The fourth-order valence-corrected chi connectivity index (χ4v) is 3.63. The molecule has 0 bridgehead atoms. The van der Waals surface area contributed by atoms with Crippen molar-refractivity contribution in [2.45, 2.75) is 6.92 Å². The predicted molar refractivity (Wildman–Crippen MR) is 120 cm³/mol. The summed E-state index contributed by atoms with van der Waals surface area (Å²) < 4.78 is 5.32. The van der Waals surface area contributed by atoms with Gasteiger partial charge >= 0.3 is 0 Å². The molecule has 1 aromatic carbocycles. The first-order valence-corrected chi connectivity index (χ1v) is 10.3. The Morgan fingerprint density at radius 1 is 1.03 bits per heavy atom. The number of pyridine rings is 1. The first-order valence-electron chi connectivity index (χ1n) is 9.95. The molecule has 4 rings (SSSR count). The summed E-state index contributed by atoms with van der Waals surface area (Å²) in [4.78, 5) is 21.3. The third-order valence-electron chi connectivity index (χ3n) is 5.08. The van der Waals surface area contributed by atoms with Gasteiger partial charge in [-0.3, -0.25) is 4.79 Å². The molecule has 1 saturated heterocycles. The van der Waals surface area contributed by atoms with Gasteiger partial charge in [0, 0.05) is 36.9 Å². The van der Waals surface area contributed by atoms with Gasteiger partial charge in [-0.15, -0.1) is 10.2 Å². The largest absolute Gasteiger partial charge is 0.496 e. The Hall–Kier alpha value is -3.39. The highest BCUT2D eigenvalue weighted by Crippen LogP contribution is 2.25. The third-order valence-corrected chi connectivity index (χ3v) is 5.31. The highest BCUT2D eigenvalue weighted by atomic mass is 35.5. The Labute approximate surface area is 185 Å². The Balaban J connectivity index is 1.37. The van der Waals surface area contributed by atoms with Crippen molar-refractivity contribution >= 4 is 35.0 Å². The van der Waals surface area contributed by atoms with Crippen LogP contribution < -0.4 is 15.0 Å². The van der Waals surface area contributed by atoms with Crippen molar-refractivity contribution in [1.82, 2.24) is 20.1 Å². The summed E-state index contributed by atoms with van der Waals surface area (Å²) in [5, 5.41) is 12.2. The number of rotatable bonds is 5. The molecule has 1 fully saturated rings. The molecular formula is C22H23ClN6O2. The van der Waals surface area contributed by atoms with E-state index in [1.165, 1.54) is 0 Å². The number of hydrogen-bond donors (Lipinski definition) is 1. The summed E-state index contributed by atoms with van der Waals surface area (Å²) in [6, 6.07) is 14.6. The summed E-state index contributed by atoms with van der Waals surface area (Å²) in [7, 11) is 1.55. The Kier molecular flexibility index (Phi) is 6.18. The van der Waals surface area contributed by atoms with Gasteiger partial charge in [0.25, 0.3) is 5.91 Å². The summed E-state index contributed by atoms with van der Waals surface area (Å²) in [5.41, 5.74) is 1.40. The molecule has 3 heterocycles. The third kappa shape index (κ3) is 4.86. The van der Waals surface area contributed by atoms with E-state index in [4.69, 9.17) is 16.3 Å². The first-order chi connectivity index (χ1) is 15.0. The monoisotopic (exact) mass is 438 g/mol. The van der Waals surface area contributed by atoms with Gasteiger partial charge in [0.1, 0.15) is 11.6 Å². The van der Waals surface area contributed by atoms with Gasteiger partial charge in [-0.2, -0.15) is 0 Å². The average Bonchev–Trinajstić information content (AvgIpc) is 2.79. The minimum atomic E-state index is -0.0877. The summed E-state index contributed by atoms with van der Waals surface area (Å²) in [6.07, 6.45) is 0. The lowest BCUT2D eigenvalue weighted by molar-refractivity contribution is 0.0743. The van der Waals surface area contributed by atoms with Crippen molar-refractivity contribution in [3.8, 4) is 5.75 Å². The quantitative estimate of drug-likeness (QED) is 0.652.